The molecule has 36 heavy (non-hydrogen) atoms. The summed E-state index contributed by atoms with van der Waals surface area (Å²) in [5, 5.41) is 0. The van der Waals surface area contributed by atoms with Crippen molar-refractivity contribution in [3.05, 3.63) is 53.6 Å². The highest BCUT2D eigenvalue weighted by atomic mass is 19.1. The summed E-state index contributed by atoms with van der Waals surface area (Å²) < 4.78 is 32.2. The van der Waals surface area contributed by atoms with Crippen LogP contribution in [0.4, 0.5) is 10.1 Å². The molecule has 3 aliphatic rings. The zero-order valence-electron chi connectivity index (χ0n) is 21.4. The molecule has 0 aliphatic carbocycles. The van der Waals surface area contributed by atoms with Crippen LogP contribution < -0.4 is 9.64 Å². The van der Waals surface area contributed by atoms with E-state index in [0.717, 1.165) is 30.8 Å². The van der Waals surface area contributed by atoms with Gasteiger partial charge in [-0.1, -0.05) is 6.92 Å². The van der Waals surface area contributed by atoms with Crippen molar-refractivity contribution in [1.82, 2.24) is 9.88 Å². The number of pyridine rings is 1. The number of likely N-dealkylation sites (tertiary alicyclic amines) is 1. The van der Waals surface area contributed by atoms with Gasteiger partial charge in [0.05, 0.1) is 43.3 Å². The minimum Gasteiger partial charge on any atom is -0.487 e. The number of amides is 1. The zero-order chi connectivity index (χ0) is 25.3. The van der Waals surface area contributed by atoms with E-state index in [4.69, 9.17) is 14.2 Å². The third-order valence-electron chi connectivity index (χ3n) is 7.60. The Hall–Kier alpha value is -2.71. The van der Waals surface area contributed by atoms with E-state index in [9.17, 15) is 9.18 Å². The molecule has 0 N–H and O–H groups in total. The predicted octanol–water partition coefficient (Wildman–Crippen LogP) is 4.76. The quantitative estimate of drug-likeness (QED) is 0.594. The maximum atomic E-state index is 13.9. The molecule has 5 rings (SSSR count). The second-order valence-corrected chi connectivity index (χ2v) is 10.4. The topological polar surface area (TPSA) is 64.1 Å². The van der Waals surface area contributed by atoms with Crippen molar-refractivity contribution in [2.24, 2.45) is 0 Å². The van der Waals surface area contributed by atoms with Crippen LogP contribution in [0.15, 0.2) is 36.5 Å². The largest absolute Gasteiger partial charge is 0.487 e. The lowest BCUT2D eigenvalue weighted by molar-refractivity contribution is -0.0874. The van der Waals surface area contributed by atoms with Gasteiger partial charge in [-0.2, -0.15) is 0 Å². The molecule has 1 spiro atoms. The molecule has 1 aromatic heterocycles. The summed E-state index contributed by atoms with van der Waals surface area (Å²) in [6.45, 7) is 9.55. The van der Waals surface area contributed by atoms with E-state index in [1.54, 1.807) is 12.3 Å². The van der Waals surface area contributed by atoms with Crippen molar-refractivity contribution in [3.8, 4) is 5.75 Å². The summed E-state index contributed by atoms with van der Waals surface area (Å²) in [4.78, 5) is 21.9. The van der Waals surface area contributed by atoms with Gasteiger partial charge < -0.3 is 24.0 Å². The normalized spacial score (nSPS) is 23.5. The van der Waals surface area contributed by atoms with Crippen LogP contribution in [0, 0.1) is 5.82 Å². The van der Waals surface area contributed by atoms with Gasteiger partial charge in [-0.3, -0.25) is 4.79 Å². The average Bonchev–Trinajstić information content (AvgIpc) is 2.89. The number of morpholine rings is 1. The van der Waals surface area contributed by atoms with Crippen LogP contribution in [0.3, 0.4) is 0 Å². The first-order valence-electron chi connectivity index (χ1n) is 13.1. The van der Waals surface area contributed by atoms with Crippen molar-refractivity contribution >= 4 is 11.6 Å². The molecule has 0 bridgehead atoms. The molecule has 0 radical (unpaired) electrons. The summed E-state index contributed by atoms with van der Waals surface area (Å²) in [7, 11) is 0. The Kier molecular flexibility index (Phi) is 7.17. The number of aromatic nitrogens is 1. The van der Waals surface area contributed by atoms with Crippen LogP contribution in [0.1, 0.15) is 68.6 Å². The number of hydrogen-bond donors (Lipinski definition) is 0. The van der Waals surface area contributed by atoms with Gasteiger partial charge in [0, 0.05) is 44.5 Å². The first-order chi connectivity index (χ1) is 17.4. The molecule has 1 aromatic carbocycles. The van der Waals surface area contributed by atoms with Crippen LogP contribution >= 0.6 is 0 Å². The summed E-state index contributed by atoms with van der Waals surface area (Å²) in [6, 6.07) is 8.80. The van der Waals surface area contributed by atoms with Crippen LogP contribution in [-0.4, -0.2) is 66.4 Å². The van der Waals surface area contributed by atoms with Gasteiger partial charge in [0.1, 0.15) is 22.9 Å². The van der Waals surface area contributed by atoms with Gasteiger partial charge in [0.2, 0.25) is 0 Å². The Morgan fingerprint density at radius 1 is 1.22 bits per heavy atom. The van der Waals surface area contributed by atoms with Crippen LogP contribution in [-0.2, 0) is 9.47 Å². The first kappa shape index (κ1) is 25.0. The van der Waals surface area contributed by atoms with E-state index >= 15 is 0 Å². The fourth-order valence-corrected chi connectivity index (χ4v) is 5.64. The van der Waals surface area contributed by atoms with Crippen molar-refractivity contribution in [2.45, 2.75) is 70.3 Å². The van der Waals surface area contributed by atoms with Gasteiger partial charge in [-0.05, 0) is 50.6 Å². The smallest absolute Gasteiger partial charge is 0.272 e. The number of halogens is 1. The van der Waals surface area contributed by atoms with Crippen molar-refractivity contribution in [1.29, 1.82) is 0 Å². The minimum absolute atomic E-state index is 0.0158. The Morgan fingerprint density at radius 2 is 2.03 bits per heavy atom. The fourth-order valence-electron chi connectivity index (χ4n) is 5.64. The van der Waals surface area contributed by atoms with E-state index in [2.05, 4.69) is 16.8 Å². The van der Waals surface area contributed by atoms with E-state index < -0.39 is 5.60 Å². The molecule has 2 atom stereocenters. The molecule has 194 valence electrons. The van der Waals surface area contributed by atoms with Crippen molar-refractivity contribution in [2.75, 3.05) is 37.7 Å². The lowest BCUT2D eigenvalue weighted by atomic mass is 9.81. The standard InChI is InChI=1S/C28H36FN3O4/c1-4-21-18-34-14-13-32(21)22-6-7-24(30-17-22)27(33)31-11-9-28(10-12-31)16-26(35-19(2)3)23-15-20(29)5-8-25(23)36-28/h5-8,15,17,19,21,26H,4,9-14,16,18H2,1-3H3/t21?,26-/m1/s1. The third kappa shape index (κ3) is 5.06. The average molecular weight is 498 g/mol. The molecular formula is C28H36FN3O4. The van der Waals surface area contributed by atoms with Gasteiger partial charge in [-0.25, -0.2) is 9.37 Å². The van der Waals surface area contributed by atoms with Crippen molar-refractivity contribution < 1.29 is 23.4 Å². The molecule has 3 aliphatic heterocycles. The lowest BCUT2D eigenvalue weighted by Crippen LogP contribution is -2.52. The highest BCUT2D eigenvalue weighted by Crippen LogP contribution is 2.46. The Labute approximate surface area is 212 Å². The number of carbonyl (C=O) groups excluding carboxylic acids is 1. The molecule has 2 fully saturated rings. The molecule has 4 heterocycles. The number of benzene rings is 1. The van der Waals surface area contributed by atoms with Crippen LogP contribution in [0.5, 0.6) is 5.75 Å². The van der Waals surface area contributed by atoms with E-state index in [1.807, 2.05) is 30.9 Å². The predicted molar refractivity (Wildman–Crippen MR) is 135 cm³/mol. The zero-order valence-corrected chi connectivity index (χ0v) is 21.4. The molecular weight excluding hydrogens is 461 g/mol. The maximum absolute atomic E-state index is 13.9. The molecule has 7 nitrogen and oxygen atoms in total. The number of anilines is 1. The summed E-state index contributed by atoms with van der Waals surface area (Å²) >= 11 is 0. The van der Waals surface area contributed by atoms with E-state index in [0.29, 0.717) is 56.4 Å². The van der Waals surface area contributed by atoms with E-state index in [1.165, 1.54) is 12.1 Å². The van der Waals surface area contributed by atoms with Gasteiger partial charge in [-0.15, -0.1) is 0 Å². The lowest BCUT2D eigenvalue weighted by Gasteiger charge is -2.47. The highest BCUT2D eigenvalue weighted by molar-refractivity contribution is 5.92. The first-order valence-corrected chi connectivity index (χ1v) is 13.1. The molecule has 2 aromatic rings. The SMILES string of the molecule is CCC1COCCN1c1ccc(C(=O)N2CCC3(CC2)C[C@@H](OC(C)C)c2cc(F)ccc2O3)nc1. The number of ether oxygens (including phenoxy) is 3. The third-order valence-corrected chi connectivity index (χ3v) is 7.60. The van der Waals surface area contributed by atoms with Crippen LogP contribution in [0.25, 0.3) is 0 Å². The van der Waals surface area contributed by atoms with Crippen molar-refractivity contribution in [3.63, 3.8) is 0 Å². The number of fused-ring (bicyclic) bond motifs is 1. The van der Waals surface area contributed by atoms with Crippen LogP contribution in [0.2, 0.25) is 0 Å². The van der Waals surface area contributed by atoms with Gasteiger partial charge in [0.25, 0.3) is 5.91 Å². The maximum Gasteiger partial charge on any atom is 0.272 e. The number of carbonyl (C=O) groups is 1. The Balaban J connectivity index is 1.25. The summed E-state index contributed by atoms with van der Waals surface area (Å²) in [5.74, 6) is 0.334. The number of nitrogens with zero attached hydrogens (tertiary/aromatic N) is 3. The monoisotopic (exact) mass is 497 g/mol. The summed E-state index contributed by atoms with van der Waals surface area (Å²) in [5.41, 5.74) is 1.83. The van der Waals surface area contributed by atoms with Gasteiger partial charge >= 0.3 is 0 Å². The highest BCUT2D eigenvalue weighted by Gasteiger charge is 2.45. The number of rotatable bonds is 5. The molecule has 0 saturated carbocycles. The van der Waals surface area contributed by atoms with Gasteiger partial charge in [0.15, 0.2) is 0 Å². The number of piperidine rings is 1. The second kappa shape index (κ2) is 10.3. The fraction of sp³-hybridized carbons (Fsp3) is 0.571. The van der Waals surface area contributed by atoms with E-state index in [-0.39, 0.29) is 23.9 Å². The molecule has 1 unspecified atom stereocenters. The molecule has 2 saturated heterocycles. The Morgan fingerprint density at radius 3 is 2.72 bits per heavy atom. The molecule has 8 heteroatoms. The number of hydrogen-bond acceptors (Lipinski definition) is 6. The Bertz CT molecular complexity index is 1070. The second-order valence-electron chi connectivity index (χ2n) is 10.4. The molecule has 1 amide bonds. The summed E-state index contributed by atoms with van der Waals surface area (Å²) in [6.07, 6.45) is 4.63. The minimum atomic E-state index is -0.427.